The molecule has 0 saturated heterocycles. The van der Waals surface area contributed by atoms with Crippen molar-refractivity contribution in [2.75, 3.05) is 7.11 Å². The Morgan fingerprint density at radius 3 is 2.46 bits per heavy atom. The third kappa shape index (κ3) is 4.22. The summed E-state index contributed by atoms with van der Waals surface area (Å²) in [5.74, 6) is -0.259. The number of hydrogen-bond acceptors (Lipinski definition) is 4. The summed E-state index contributed by atoms with van der Waals surface area (Å²) in [6.07, 6.45) is 1.72. The van der Waals surface area contributed by atoms with Crippen molar-refractivity contribution < 1.29 is 14.6 Å². The topological polar surface area (TPSA) is 76.4 Å². The lowest BCUT2D eigenvalue weighted by Gasteiger charge is -2.05. The molecule has 0 aliphatic carbocycles. The minimum Gasteiger partial charge on any atom is -0.497 e. The van der Waals surface area contributed by atoms with Gasteiger partial charge in [-0.3, -0.25) is 0 Å². The standard InChI is InChI=1S/C19H18ClN3O3/c1-26-17-8-2-13(3-9-17)10-21-11-14-12-23(22-18(14)19(24)25)16-6-4-15(20)5-7-16/h2-9,12,21H,10-11H2,1H3,(H,24,25). The van der Waals surface area contributed by atoms with E-state index in [1.807, 2.05) is 24.3 Å². The van der Waals surface area contributed by atoms with Gasteiger partial charge >= 0.3 is 5.97 Å². The minimum atomic E-state index is -1.06. The highest BCUT2D eigenvalue weighted by molar-refractivity contribution is 6.30. The van der Waals surface area contributed by atoms with Crippen LogP contribution in [0.25, 0.3) is 5.69 Å². The van der Waals surface area contributed by atoms with Gasteiger partial charge < -0.3 is 15.2 Å². The van der Waals surface area contributed by atoms with E-state index < -0.39 is 5.97 Å². The first-order chi connectivity index (χ1) is 12.6. The smallest absolute Gasteiger partial charge is 0.356 e. The predicted molar refractivity (Wildman–Crippen MR) is 99.1 cm³/mol. The van der Waals surface area contributed by atoms with E-state index in [2.05, 4.69) is 10.4 Å². The fourth-order valence-electron chi connectivity index (χ4n) is 2.53. The van der Waals surface area contributed by atoms with E-state index in [1.165, 1.54) is 0 Å². The fraction of sp³-hybridized carbons (Fsp3) is 0.158. The SMILES string of the molecule is COc1ccc(CNCc2cn(-c3ccc(Cl)cc3)nc2C(=O)O)cc1. The average molecular weight is 372 g/mol. The van der Waals surface area contributed by atoms with Gasteiger partial charge in [-0.1, -0.05) is 23.7 Å². The number of ether oxygens (including phenoxy) is 1. The Morgan fingerprint density at radius 2 is 1.85 bits per heavy atom. The summed E-state index contributed by atoms with van der Waals surface area (Å²) < 4.78 is 6.68. The molecule has 134 valence electrons. The van der Waals surface area contributed by atoms with Crippen molar-refractivity contribution in [3.63, 3.8) is 0 Å². The highest BCUT2D eigenvalue weighted by atomic mass is 35.5. The van der Waals surface area contributed by atoms with Gasteiger partial charge in [0.2, 0.25) is 0 Å². The van der Waals surface area contributed by atoms with Crippen LogP contribution in [0.5, 0.6) is 5.75 Å². The van der Waals surface area contributed by atoms with Gasteiger partial charge in [0.1, 0.15) is 5.75 Å². The van der Waals surface area contributed by atoms with Gasteiger partial charge in [-0.25, -0.2) is 9.48 Å². The highest BCUT2D eigenvalue weighted by Crippen LogP contribution is 2.16. The van der Waals surface area contributed by atoms with Crippen LogP contribution in [0.15, 0.2) is 54.7 Å². The van der Waals surface area contributed by atoms with Gasteiger partial charge in [-0.15, -0.1) is 0 Å². The van der Waals surface area contributed by atoms with Crippen molar-refractivity contribution in [3.05, 3.63) is 76.6 Å². The van der Waals surface area contributed by atoms with Crippen LogP contribution >= 0.6 is 11.6 Å². The molecule has 0 atom stereocenters. The van der Waals surface area contributed by atoms with Gasteiger partial charge in [0.05, 0.1) is 12.8 Å². The molecular formula is C19H18ClN3O3. The summed E-state index contributed by atoms with van der Waals surface area (Å²) in [7, 11) is 1.62. The summed E-state index contributed by atoms with van der Waals surface area (Å²) in [5, 5.41) is 17.4. The van der Waals surface area contributed by atoms with E-state index in [0.717, 1.165) is 17.0 Å². The van der Waals surface area contributed by atoms with E-state index in [-0.39, 0.29) is 5.69 Å². The van der Waals surface area contributed by atoms with Gasteiger partial charge in [0, 0.05) is 29.9 Å². The van der Waals surface area contributed by atoms with Crippen LogP contribution in [0.3, 0.4) is 0 Å². The maximum absolute atomic E-state index is 11.5. The summed E-state index contributed by atoms with van der Waals surface area (Å²) in [4.78, 5) is 11.5. The summed E-state index contributed by atoms with van der Waals surface area (Å²) in [5.41, 5.74) is 2.47. The van der Waals surface area contributed by atoms with Crippen molar-refractivity contribution in [3.8, 4) is 11.4 Å². The highest BCUT2D eigenvalue weighted by Gasteiger charge is 2.16. The Kier molecular flexibility index (Phi) is 5.55. The Morgan fingerprint density at radius 1 is 1.15 bits per heavy atom. The molecule has 0 aliphatic rings. The lowest BCUT2D eigenvalue weighted by molar-refractivity contribution is 0.0688. The zero-order valence-electron chi connectivity index (χ0n) is 14.1. The molecule has 0 radical (unpaired) electrons. The molecule has 0 bridgehead atoms. The zero-order chi connectivity index (χ0) is 18.5. The largest absolute Gasteiger partial charge is 0.497 e. The number of rotatable bonds is 7. The van der Waals surface area contributed by atoms with Crippen LogP contribution in [-0.2, 0) is 13.1 Å². The van der Waals surface area contributed by atoms with Crippen LogP contribution in [0.1, 0.15) is 21.6 Å². The molecule has 0 spiro atoms. The molecule has 7 heteroatoms. The Balaban J connectivity index is 1.71. The third-order valence-corrected chi connectivity index (χ3v) is 4.14. The van der Waals surface area contributed by atoms with Gasteiger partial charge in [-0.05, 0) is 42.0 Å². The molecule has 0 saturated carbocycles. The minimum absolute atomic E-state index is 0.0298. The number of nitrogens with zero attached hydrogens (tertiary/aromatic N) is 2. The second kappa shape index (κ2) is 8.03. The van der Waals surface area contributed by atoms with Crippen LogP contribution in [0.4, 0.5) is 0 Å². The lowest BCUT2D eigenvalue weighted by atomic mass is 10.2. The maximum Gasteiger partial charge on any atom is 0.356 e. The molecule has 2 aromatic carbocycles. The van der Waals surface area contributed by atoms with Crippen molar-refractivity contribution in [1.82, 2.24) is 15.1 Å². The number of carboxylic acid groups (broad SMARTS) is 1. The first-order valence-corrected chi connectivity index (χ1v) is 8.36. The Hall–Kier alpha value is -2.83. The number of carbonyl (C=O) groups is 1. The number of methoxy groups -OCH3 is 1. The second-order valence-corrected chi connectivity index (χ2v) is 6.12. The molecule has 3 aromatic rings. The van der Waals surface area contributed by atoms with Crippen LogP contribution in [-0.4, -0.2) is 28.0 Å². The van der Waals surface area contributed by atoms with Gasteiger partial charge in [-0.2, -0.15) is 5.10 Å². The van der Waals surface area contributed by atoms with Crippen molar-refractivity contribution in [2.24, 2.45) is 0 Å². The molecule has 1 aromatic heterocycles. The number of aromatic nitrogens is 2. The maximum atomic E-state index is 11.5. The molecule has 0 aliphatic heterocycles. The number of benzene rings is 2. The van der Waals surface area contributed by atoms with Gasteiger partial charge in [0.25, 0.3) is 0 Å². The summed E-state index contributed by atoms with van der Waals surface area (Å²) in [6, 6.07) is 14.7. The number of hydrogen-bond donors (Lipinski definition) is 2. The molecule has 2 N–H and O–H groups in total. The number of carboxylic acids is 1. The molecule has 0 fully saturated rings. The normalized spacial score (nSPS) is 10.7. The van der Waals surface area contributed by atoms with Crippen molar-refractivity contribution in [1.29, 1.82) is 0 Å². The summed E-state index contributed by atoms with van der Waals surface area (Å²) in [6.45, 7) is 0.996. The number of aromatic carboxylic acids is 1. The Bertz CT molecular complexity index is 889. The molecule has 3 rings (SSSR count). The van der Waals surface area contributed by atoms with E-state index in [0.29, 0.717) is 23.7 Å². The van der Waals surface area contributed by atoms with E-state index in [1.54, 1.807) is 42.3 Å². The molecule has 26 heavy (non-hydrogen) atoms. The van der Waals surface area contributed by atoms with Crippen LogP contribution < -0.4 is 10.1 Å². The second-order valence-electron chi connectivity index (χ2n) is 5.68. The quantitative estimate of drug-likeness (QED) is 0.664. The van der Waals surface area contributed by atoms with E-state index in [4.69, 9.17) is 16.3 Å². The van der Waals surface area contributed by atoms with Crippen LogP contribution in [0.2, 0.25) is 5.02 Å². The zero-order valence-corrected chi connectivity index (χ0v) is 14.9. The monoisotopic (exact) mass is 371 g/mol. The predicted octanol–water partition coefficient (Wildman–Crippen LogP) is 3.52. The number of halogens is 1. The molecular weight excluding hydrogens is 354 g/mol. The fourth-order valence-corrected chi connectivity index (χ4v) is 2.66. The third-order valence-electron chi connectivity index (χ3n) is 3.89. The average Bonchev–Trinajstić information content (AvgIpc) is 3.07. The number of nitrogens with one attached hydrogen (secondary N) is 1. The lowest BCUT2D eigenvalue weighted by Crippen LogP contribution is -2.14. The Labute approximate surface area is 156 Å². The van der Waals surface area contributed by atoms with Gasteiger partial charge in [0.15, 0.2) is 5.69 Å². The first kappa shape index (κ1) is 18.0. The van der Waals surface area contributed by atoms with Crippen molar-refractivity contribution >= 4 is 17.6 Å². The molecule has 1 heterocycles. The molecule has 0 unspecified atom stereocenters. The van der Waals surface area contributed by atoms with Crippen molar-refractivity contribution in [2.45, 2.75) is 13.1 Å². The van der Waals surface area contributed by atoms with Crippen LogP contribution in [0, 0.1) is 0 Å². The van der Waals surface area contributed by atoms with E-state index in [9.17, 15) is 9.90 Å². The van der Waals surface area contributed by atoms with E-state index >= 15 is 0 Å². The summed E-state index contributed by atoms with van der Waals surface area (Å²) >= 11 is 5.89. The first-order valence-electron chi connectivity index (χ1n) is 7.98. The molecule has 6 nitrogen and oxygen atoms in total. The molecule has 0 amide bonds.